The zero-order valence-electron chi connectivity index (χ0n) is 13.8. The number of ether oxygens (including phenoxy) is 1. The lowest BCUT2D eigenvalue weighted by Gasteiger charge is -2.30. The fourth-order valence-corrected chi connectivity index (χ4v) is 2.50. The highest BCUT2D eigenvalue weighted by atomic mass is 16.5. The molecular formula is C17H20N2O5. The summed E-state index contributed by atoms with van der Waals surface area (Å²) < 4.78 is 10.3. The predicted octanol–water partition coefficient (Wildman–Crippen LogP) is 2.37. The molecule has 2 N–H and O–H groups in total. The van der Waals surface area contributed by atoms with Crippen molar-refractivity contribution in [2.75, 3.05) is 7.11 Å². The number of carboxylic acids is 1. The monoisotopic (exact) mass is 332 g/mol. The summed E-state index contributed by atoms with van der Waals surface area (Å²) in [6.07, 6.45) is 1.43. The first kappa shape index (κ1) is 17.5. The zero-order valence-corrected chi connectivity index (χ0v) is 13.8. The Labute approximate surface area is 139 Å². The number of aromatic nitrogens is 1. The number of carbonyl (C=O) groups excluding carboxylic acids is 1. The summed E-state index contributed by atoms with van der Waals surface area (Å²) in [4.78, 5) is 27.8. The highest BCUT2D eigenvalue weighted by Crippen LogP contribution is 2.28. The second-order valence-electron chi connectivity index (χ2n) is 5.57. The number of nitrogens with one attached hydrogen (secondary N) is 1. The van der Waals surface area contributed by atoms with Crippen LogP contribution in [-0.2, 0) is 16.8 Å². The van der Waals surface area contributed by atoms with E-state index >= 15 is 0 Å². The first-order chi connectivity index (χ1) is 11.4. The number of hydrogen-bond donors (Lipinski definition) is 2. The van der Waals surface area contributed by atoms with E-state index in [9.17, 15) is 14.7 Å². The maximum Gasteiger partial charge on any atom is 0.306 e. The molecule has 0 aliphatic carbocycles. The van der Waals surface area contributed by atoms with E-state index in [-0.39, 0.29) is 12.1 Å². The van der Waals surface area contributed by atoms with Crippen LogP contribution >= 0.6 is 0 Å². The number of rotatable bonds is 7. The first-order valence-electron chi connectivity index (χ1n) is 7.50. The fraction of sp³-hybridized carbons (Fsp3) is 0.353. The highest BCUT2D eigenvalue weighted by Gasteiger charge is 2.33. The molecule has 128 valence electrons. The molecule has 1 atom stereocenters. The normalized spacial score (nSPS) is 13.1. The number of benzene rings is 1. The third kappa shape index (κ3) is 3.73. The van der Waals surface area contributed by atoms with Crippen LogP contribution in [0.4, 0.5) is 0 Å². The third-order valence-electron chi connectivity index (χ3n) is 3.78. The summed E-state index contributed by atoms with van der Waals surface area (Å²) in [7, 11) is 1.52. The van der Waals surface area contributed by atoms with Gasteiger partial charge in [-0.05, 0) is 24.6 Å². The van der Waals surface area contributed by atoms with Gasteiger partial charge in [0, 0.05) is 6.42 Å². The number of amides is 1. The maximum atomic E-state index is 12.6. The molecule has 0 fully saturated rings. The molecule has 0 saturated heterocycles. The number of methoxy groups -OCH3 is 1. The Balaban J connectivity index is 2.36. The van der Waals surface area contributed by atoms with E-state index in [1.807, 2.05) is 6.92 Å². The molecule has 0 aliphatic heterocycles. The average Bonchev–Trinajstić information content (AvgIpc) is 3.03. The van der Waals surface area contributed by atoms with Crippen LogP contribution in [0.15, 0.2) is 35.1 Å². The van der Waals surface area contributed by atoms with Crippen LogP contribution in [0.25, 0.3) is 0 Å². The second-order valence-corrected chi connectivity index (χ2v) is 5.57. The van der Waals surface area contributed by atoms with Crippen LogP contribution < -0.4 is 10.1 Å². The fourth-order valence-electron chi connectivity index (χ4n) is 2.50. The first-order valence-corrected chi connectivity index (χ1v) is 7.50. The van der Waals surface area contributed by atoms with Gasteiger partial charge in [0.2, 0.25) is 0 Å². The molecule has 2 rings (SSSR count). The summed E-state index contributed by atoms with van der Waals surface area (Å²) in [5.41, 5.74) is -0.335. The summed E-state index contributed by atoms with van der Waals surface area (Å²) in [6.45, 7) is 3.50. The number of oxazole rings is 1. The molecule has 1 aromatic heterocycles. The quantitative estimate of drug-likeness (QED) is 0.807. The zero-order chi connectivity index (χ0) is 17.7. The number of aliphatic carboxylic acids is 1. The lowest BCUT2D eigenvalue weighted by atomic mass is 9.88. The van der Waals surface area contributed by atoms with Crippen LogP contribution in [-0.4, -0.2) is 29.1 Å². The van der Waals surface area contributed by atoms with Gasteiger partial charge in [0.25, 0.3) is 5.91 Å². The van der Waals surface area contributed by atoms with E-state index in [0.29, 0.717) is 23.5 Å². The topological polar surface area (TPSA) is 102 Å². The van der Waals surface area contributed by atoms with Gasteiger partial charge in [-0.3, -0.25) is 9.59 Å². The molecule has 0 aliphatic rings. The van der Waals surface area contributed by atoms with Gasteiger partial charge in [0.15, 0.2) is 12.1 Å². The molecule has 7 nitrogen and oxygen atoms in total. The predicted molar refractivity (Wildman–Crippen MR) is 85.9 cm³/mol. The largest absolute Gasteiger partial charge is 0.497 e. The molecular weight excluding hydrogens is 312 g/mol. The van der Waals surface area contributed by atoms with Crippen LogP contribution in [0.5, 0.6) is 5.75 Å². The molecule has 2 aromatic rings. The smallest absolute Gasteiger partial charge is 0.306 e. The molecule has 0 bridgehead atoms. The van der Waals surface area contributed by atoms with E-state index in [1.54, 1.807) is 31.2 Å². The van der Waals surface area contributed by atoms with E-state index < -0.39 is 17.4 Å². The van der Waals surface area contributed by atoms with Gasteiger partial charge >= 0.3 is 5.97 Å². The summed E-state index contributed by atoms with van der Waals surface area (Å²) >= 11 is 0. The molecule has 0 saturated carbocycles. The summed E-state index contributed by atoms with van der Waals surface area (Å²) in [6, 6.07) is 6.94. The number of carbonyl (C=O) groups is 2. The molecule has 1 heterocycles. The van der Waals surface area contributed by atoms with E-state index in [0.717, 1.165) is 0 Å². The molecule has 0 spiro atoms. The average molecular weight is 332 g/mol. The lowest BCUT2D eigenvalue weighted by molar-refractivity contribution is -0.138. The number of nitrogens with zero attached hydrogens (tertiary/aromatic N) is 1. The van der Waals surface area contributed by atoms with Gasteiger partial charge in [-0.25, -0.2) is 4.98 Å². The van der Waals surface area contributed by atoms with Crippen LogP contribution in [0, 0.1) is 0 Å². The standard InChI is InChI=1S/C17H20N2O5/c1-4-13-15(18-10-24-13)16(22)19-17(2,9-14(20)21)11-6-5-7-12(8-11)23-3/h5-8,10H,4,9H2,1-3H3,(H,19,22)(H,20,21). The SMILES string of the molecule is CCc1ocnc1C(=O)NC(C)(CC(=O)O)c1cccc(OC)c1. The van der Waals surface area contributed by atoms with E-state index in [1.165, 1.54) is 13.5 Å². The van der Waals surface area contributed by atoms with E-state index in [4.69, 9.17) is 9.15 Å². The van der Waals surface area contributed by atoms with Crippen molar-refractivity contribution >= 4 is 11.9 Å². The Morgan fingerprint density at radius 2 is 2.17 bits per heavy atom. The minimum atomic E-state index is -1.12. The lowest BCUT2D eigenvalue weighted by Crippen LogP contribution is -2.45. The third-order valence-corrected chi connectivity index (χ3v) is 3.78. The maximum absolute atomic E-state index is 12.6. The van der Waals surface area contributed by atoms with Gasteiger partial charge in [-0.2, -0.15) is 0 Å². The Hall–Kier alpha value is -2.83. The molecule has 24 heavy (non-hydrogen) atoms. The molecule has 0 radical (unpaired) electrons. The van der Waals surface area contributed by atoms with Gasteiger partial charge in [-0.15, -0.1) is 0 Å². The number of aryl methyl sites for hydroxylation is 1. The second kappa shape index (κ2) is 7.16. The van der Waals surface area contributed by atoms with Gasteiger partial charge in [0.05, 0.1) is 19.1 Å². The molecule has 7 heteroatoms. The summed E-state index contributed by atoms with van der Waals surface area (Å²) in [5, 5.41) is 12.0. The van der Waals surface area contributed by atoms with Crippen molar-refractivity contribution in [3.63, 3.8) is 0 Å². The molecule has 1 aromatic carbocycles. The van der Waals surface area contributed by atoms with Crippen molar-refractivity contribution in [1.29, 1.82) is 0 Å². The van der Waals surface area contributed by atoms with Gasteiger partial charge in [0.1, 0.15) is 11.5 Å². The Morgan fingerprint density at radius 3 is 2.79 bits per heavy atom. The van der Waals surface area contributed by atoms with Crippen molar-refractivity contribution in [2.24, 2.45) is 0 Å². The Bertz CT molecular complexity index is 740. The van der Waals surface area contributed by atoms with Crippen LogP contribution in [0.1, 0.15) is 42.1 Å². The molecule has 1 amide bonds. The minimum Gasteiger partial charge on any atom is -0.497 e. The van der Waals surface area contributed by atoms with Crippen molar-refractivity contribution < 1.29 is 23.8 Å². The Kier molecular flexibility index (Phi) is 5.23. The van der Waals surface area contributed by atoms with Gasteiger partial charge < -0.3 is 19.6 Å². The Morgan fingerprint density at radius 1 is 1.42 bits per heavy atom. The minimum absolute atomic E-state index is 0.164. The van der Waals surface area contributed by atoms with E-state index in [2.05, 4.69) is 10.3 Å². The number of hydrogen-bond acceptors (Lipinski definition) is 5. The van der Waals surface area contributed by atoms with Crippen LogP contribution in [0.2, 0.25) is 0 Å². The summed E-state index contributed by atoms with van der Waals surface area (Å²) in [5.74, 6) is -0.478. The highest BCUT2D eigenvalue weighted by molar-refractivity contribution is 5.94. The van der Waals surface area contributed by atoms with Crippen molar-refractivity contribution in [2.45, 2.75) is 32.2 Å². The van der Waals surface area contributed by atoms with Crippen LogP contribution in [0.3, 0.4) is 0 Å². The number of carboxylic acid groups (broad SMARTS) is 1. The van der Waals surface area contributed by atoms with Crippen molar-refractivity contribution in [3.8, 4) is 5.75 Å². The molecule has 1 unspecified atom stereocenters. The van der Waals surface area contributed by atoms with Crippen molar-refractivity contribution in [3.05, 3.63) is 47.7 Å². The van der Waals surface area contributed by atoms with Crippen molar-refractivity contribution in [1.82, 2.24) is 10.3 Å². The van der Waals surface area contributed by atoms with Gasteiger partial charge in [-0.1, -0.05) is 19.1 Å².